The third kappa shape index (κ3) is 4.89. The summed E-state index contributed by atoms with van der Waals surface area (Å²) in [6.45, 7) is 4.14. The quantitative estimate of drug-likeness (QED) is 0.777. The van der Waals surface area contributed by atoms with Crippen molar-refractivity contribution in [1.29, 1.82) is 0 Å². The van der Waals surface area contributed by atoms with E-state index in [0.29, 0.717) is 25.2 Å². The molecule has 0 spiro atoms. The van der Waals surface area contributed by atoms with Gasteiger partial charge in [-0.05, 0) is 24.5 Å². The highest BCUT2D eigenvalue weighted by molar-refractivity contribution is 5.76. The van der Waals surface area contributed by atoms with Crippen LogP contribution in [0.1, 0.15) is 32.5 Å². The normalized spacial score (nSPS) is 12.3. The van der Waals surface area contributed by atoms with Gasteiger partial charge in [-0.1, -0.05) is 32.0 Å². The van der Waals surface area contributed by atoms with Crippen LogP contribution in [-0.4, -0.2) is 38.4 Å². The first-order valence-electron chi connectivity index (χ1n) is 7.96. The summed E-state index contributed by atoms with van der Waals surface area (Å²) in [6, 6.07) is 9.81. The largest absolute Gasteiger partial charge is 0.396 e. The van der Waals surface area contributed by atoms with Crippen molar-refractivity contribution in [3.63, 3.8) is 0 Å². The Bertz CT molecular complexity index is 610. The molecule has 1 heterocycles. The number of hydrogen-bond donors (Lipinski definition) is 2. The summed E-state index contributed by atoms with van der Waals surface area (Å²) in [5, 5.41) is 20.1. The lowest BCUT2D eigenvalue weighted by atomic mass is 10.0. The number of aryl methyl sites for hydroxylation is 1. The standard InChI is InChI=1S/C17H24N4O2/c1-13(2)15(10-11-22)19-17(23)9-8-16-20-18-12-21(16)14-6-4-3-5-7-14/h3-7,12-13,15,22H,8-11H2,1-2H3,(H,19,23). The molecule has 1 aromatic carbocycles. The second-order valence-corrected chi connectivity index (χ2v) is 5.88. The summed E-state index contributed by atoms with van der Waals surface area (Å²) < 4.78 is 1.89. The highest BCUT2D eigenvalue weighted by atomic mass is 16.3. The van der Waals surface area contributed by atoms with Crippen molar-refractivity contribution in [2.75, 3.05) is 6.61 Å². The van der Waals surface area contributed by atoms with Crippen molar-refractivity contribution in [2.45, 2.75) is 39.2 Å². The first kappa shape index (κ1) is 17.1. The molecule has 0 fully saturated rings. The lowest BCUT2D eigenvalue weighted by molar-refractivity contribution is -0.122. The van der Waals surface area contributed by atoms with Crippen LogP contribution < -0.4 is 5.32 Å². The Morgan fingerprint density at radius 1 is 1.30 bits per heavy atom. The number of amides is 1. The number of aliphatic hydroxyl groups excluding tert-OH is 1. The molecule has 0 aliphatic carbocycles. The van der Waals surface area contributed by atoms with Gasteiger partial charge in [0, 0.05) is 31.2 Å². The minimum atomic E-state index is -0.0280. The molecule has 1 amide bonds. The van der Waals surface area contributed by atoms with Crippen molar-refractivity contribution in [2.24, 2.45) is 5.92 Å². The highest BCUT2D eigenvalue weighted by Gasteiger charge is 2.16. The molecule has 6 nitrogen and oxygen atoms in total. The van der Waals surface area contributed by atoms with E-state index in [1.54, 1.807) is 6.33 Å². The molecule has 1 unspecified atom stereocenters. The average molecular weight is 316 g/mol. The van der Waals surface area contributed by atoms with Crippen molar-refractivity contribution in [1.82, 2.24) is 20.1 Å². The zero-order chi connectivity index (χ0) is 16.7. The molecule has 0 aliphatic rings. The Morgan fingerprint density at radius 3 is 2.70 bits per heavy atom. The van der Waals surface area contributed by atoms with Gasteiger partial charge in [0.15, 0.2) is 0 Å². The Labute approximate surface area is 136 Å². The van der Waals surface area contributed by atoms with Gasteiger partial charge in [-0.15, -0.1) is 10.2 Å². The first-order chi connectivity index (χ1) is 11.1. The Kier molecular flexibility index (Phi) is 6.29. The fourth-order valence-corrected chi connectivity index (χ4v) is 2.45. The molecule has 0 radical (unpaired) electrons. The van der Waals surface area contributed by atoms with Crippen LogP contribution in [0.4, 0.5) is 0 Å². The van der Waals surface area contributed by atoms with E-state index in [4.69, 9.17) is 5.11 Å². The van der Waals surface area contributed by atoms with Gasteiger partial charge in [0.05, 0.1) is 0 Å². The molecule has 1 atom stereocenters. The SMILES string of the molecule is CC(C)C(CCO)NC(=O)CCc1nncn1-c1ccccc1. The molecule has 2 rings (SSSR count). The smallest absolute Gasteiger partial charge is 0.220 e. The molecule has 1 aromatic heterocycles. The third-order valence-electron chi connectivity index (χ3n) is 3.82. The van der Waals surface area contributed by atoms with E-state index < -0.39 is 0 Å². The molecule has 0 saturated carbocycles. The molecular formula is C17H24N4O2. The van der Waals surface area contributed by atoms with Gasteiger partial charge in [0.25, 0.3) is 0 Å². The number of benzene rings is 1. The van der Waals surface area contributed by atoms with E-state index in [-0.39, 0.29) is 18.6 Å². The van der Waals surface area contributed by atoms with Crippen LogP contribution in [0.3, 0.4) is 0 Å². The van der Waals surface area contributed by atoms with Gasteiger partial charge in [-0.25, -0.2) is 0 Å². The molecule has 0 bridgehead atoms. The lowest BCUT2D eigenvalue weighted by Gasteiger charge is -2.21. The van der Waals surface area contributed by atoms with E-state index in [1.807, 2.05) is 48.7 Å². The number of hydrogen-bond acceptors (Lipinski definition) is 4. The van der Waals surface area contributed by atoms with E-state index in [2.05, 4.69) is 15.5 Å². The van der Waals surface area contributed by atoms with Gasteiger partial charge in [0.2, 0.25) is 5.91 Å². The van der Waals surface area contributed by atoms with Crippen molar-refractivity contribution < 1.29 is 9.90 Å². The van der Waals surface area contributed by atoms with Gasteiger partial charge in [-0.2, -0.15) is 0 Å². The van der Waals surface area contributed by atoms with Gasteiger partial charge in [0.1, 0.15) is 12.2 Å². The maximum atomic E-state index is 12.1. The predicted molar refractivity (Wildman–Crippen MR) is 88.2 cm³/mol. The zero-order valence-electron chi connectivity index (χ0n) is 13.6. The first-order valence-corrected chi connectivity index (χ1v) is 7.96. The molecule has 6 heteroatoms. The maximum Gasteiger partial charge on any atom is 0.220 e. The summed E-state index contributed by atoms with van der Waals surface area (Å²) in [5.41, 5.74) is 0.980. The van der Waals surface area contributed by atoms with Crippen LogP contribution in [0.25, 0.3) is 5.69 Å². The fourth-order valence-electron chi connectivity index (χ4n) is 2.45. The number of carbonyl (C=O) groups excluding carboxylic acids is 1. The van der Waals surface area contributed by atoms with Crippen LogP contribution in [0.2, 0.25) is 0 Å². The summed E-state index contributed by atoms with van der Waals surface area (Å²) in [7, 11) is 0. The second-order valence-electron chi connectivity index (χ2n) is 5.88. The predicted octanol–water partition coefficient (Wildman–Crippen LogP) is 1.72. The Balaban J connectivity index is 1.94. The average Bonchev–Trinajstić information content (AvgIpc) is 3.02. The summed E-state index contributed by atoms with van der Waals surface area (Å²) >= 11 is 0. The lowest BCUT2D eigenvalue weighted by Crippen LogP contribution is -2.39. The Hall–Kier alpha value is -2.21. The number of para-hydroxylation sites is 1. The third-order valence-corrected chi connectivity index (χ3v) is 3.82. The van der Waals surface area contributed by atoms with Crippen molar-refractivity contribution in [3.05, 3.63) is 42.5 Å². The molecule has 2 aromatic rings. The van der Waals surface area contributed by atoms with E-state index in [1.165, 1.54) is 0 Å². The maximum absolute atomic E-state index is 12.1. The van der Waals surface area contributed by atoms with Gasteiger partial charge >= 0.3 is 0 Å². The van der Waals surface area contributed by atoms with E-state index >= 15 is 0 Å². The number of rotatable bonds is 8. The number of carbonyl (C=O) groups is 1. The number of aromatic nitrogens is 3. The molecule has 23 heavy (non-hydrogen) atoms. The summed E-state index contributed by atoms with van der Waals surface area (Å²) in [5.74, 6) is 1.02. The molecule has 2 N–H and O–H groups in total. The molecule has 0 aliphatic heterocycles. The molecule has 0 saturated heterocycles. The second kappa shape index (κ2) is 8.43. The van der Waals surface area contributed by atoms with E-state index in [0.717, 1.165) is 11.5 Å². The van der Waals surface area contributed by atoms with Crippen LogP contribution in [-0.2, 0) is 11.2 Å². The summed E-state index contributed by atoms with van der Waals surface area (Å²) in [4.78, 5) is 12.1. The fraction of sp³-hybridized carbons (Fsp3) is 0.471. The minimum absolute atomic E-state index is 0.000469. The Morgan fingerprint density at radius 2 is 2.04 bits per heavy atom. The van der Waals surface area contributed by atoms with Crippen molar-refractivity contribution >= 4 is 5.91 Å². The monoisotopic (exact) mass is 316 g/mol. The highest BCUT2D eigenvalue weighted by Crippen LogP contribution is 2.11. The van der Waals surface area contributed by atoms with Crippen molar-refractivity contribution in [3.8, 4) is 5.69 Å². The number of aliphatic hydroxyl groups is 1. The van der Waals surface area contributed by atoms with Crippen LogP contribution >= 0.6 is 0 Å². The van der Waals surface area contributed by atoms with Crippen LogP contribution in [0.15, 0.2) is 36.7 Å². The molecule has 124 valence electrons. The summed E-state index contributed by atoms with van der Waals surface area (Å²) in [6.07, 6.45) is 3.10. The van der Waals surface area contributed by atoms with Gasteiger partial charge < -0.3 is 10.4 Å². The number of nitrogens with zero attached hydrogens (tertiary/aromatic N) is 3. The minimum Gasteiger partial charge on any atom is -0.396 e. The molecular weight excluding hydrogens is 292 g/mol. The number of nitrogens with one attached hydrogen (secondary N) is 1. The van der Waals surface area contributed by atoms with Gasteiger partial charge in [-0.3, -0.25) is 9.36 Å². The van der Waals surface area contributed by atoms with E-state index in [9.17, 15) is 4.79 Å². The topological polar surface area (TPSA) is 80.0 Å². The zero-order valence-corrected chi connectivity index (χ0v) is 13.6. The van der Waals surface area contributed by atoms with Crippen LogP contribution in [0, 0.1) is 5.92 Å². The van der Waals surface area contributed by atoms with Crippen LogP contribution in [0.5, 0.6) is 0 Å².